The Balaban J connectivity index is 1.70. The topological polar surface area (TPSA) is 32.3 Å². The first-order chi connectivity index (χ1) is 7.79. The van der Waals surface area contributed by atoms with Crippen molar-refractivity contribution in [2.24, 2.45) is 0 Å². The Labute approximate surface area is 104 Å². The normalized spacial score (nSPS) is 33.6. The van der Waals surface area contributed by atoms with Crippen LogP contribution in [0.3, 0.4) is 0 Å². The maximum absolute atomic E-state index is 10.3. The fourth-order valence-electron chi connectivity index (χ4n) is 2.73. The molecular weight excluding hydrogens is 218 g/mol. The second-order valence-electron chi connectivity index (χ2n) is 5.45. The monoisotopic (exact) mass is 243 g/mol. The SMILES string of the molecule is OC1(CNC2CCCCCCC2)CCSC1. The highest BCUT2D eigenvalue weighted by Crippen LogP contribution is 2.27. The maximum atomic E-state index is 10.3. The fraction of sp³-hybridized carbons (Fsp3) is 1.00. The predicted molar refractivity (Wildman–Crippen MR) is 71.0 cm³/mol. The molecule has 2 aliphatic rings. The highest BCUT2D eigenvalue weighted by Gasteiger charge is 2.31. The fourth-order valence-corrected chi connectivity index (χ4v) is 4.03. The van der Waals surface area contributed by atoms with Crippen LogP contribution >= 0.6 is 11.8 Å². The van der Waals surface area contributed by atoms with Gasteiger partial charge in [-0.1, -0.05) is 32.1 Å². The first-order valence-corrected chi connectivity index (χ1v) is 7.98. The number of rotatable bonds is 3. The molecular formula is C13H25NOS. The van der Waals surface area contributed by atoms with Crippen molar-refractivity contribution in [3.8, 4) is 0 Å². The molecule has 0 aromatic heterocycles. The van der Waals surface area contributed by atoms with Crippen LogP contribution in [0, 0.1) is 0 Å². The van der Waals surface area contributed by atoms with Gasteiger partial charge in [0.25, 0.3) is 0 Å². The third-order valence-electron chi connectivity index (χ3n) is 3.91. The summed E-state index contributed by atoms with van der Waals surface area (Å²) in [5, 5.41) is 13.9. The zero-order chi connectivity index (χ0) is 11.3. The van der Waals surface area contributed by atoms with Crippen LogP contribution < -0.4 is 5.32 Å². The third kappa shape index (κ3) is 3.94. The van der Waals surface area contributed by atoms with E-state index >= 15 is 0 Å². The van der Waals surface area contributed by atoms with E-state index in [1.165, 1.54) is 44.9 Å². The molecule has 2 N–H and O–H groups in total. The van der Waals surface area contributed by atoms with E-state index in [1.54, 1.807) is 0 Å². The lowest BCUT2D eigenvalue weighted by Gasteiger charge is -2.27. The molecule has 2 fully saturated rings. The molecule has 0 aromatic rings. The molecule has 0 amide bonds. The van der Waals surface area contributed by atoms with Gasteiger partial charge in [0.2, 0.25) is 0 Å². The molecule has 0 bridgehead atoms. The van der Waals surface area contributed by atoms with Crippen LogP contribution in [-0.4, -0.2) is 34.8 Å². The van der Waals surface area contributed by atoms with Crippen molar-refractivity contribution in [3.63, 3.8) is 0 Å². The van der Waals surface area contributed by atoms with Gasteiger partial charge in [0.1, 0.15) is 0 Å². The van der Waals surface area contributed by atoms with E-state index in [-0.39, 0.29) is 0 Å². The molecule has 1 unspecified atom stereocenters. The summed E-state index contributed by atoms with van der Waals surface area (Å²) in [5.41, 5.74) is -0.410. The van der Waals surface area contributed by atoms with E-state index in [1.807, 2.05) is 11.8 Å². The summed E-state index contributed by atoms with van der Waals surface area (Å²) in [4.78, 5) is 0. The van der Waals surface area contributed by atoms with Crippen molar-refractivity contribution >= 4 is 11.8 Å². The summed E-state index contributed by atoms with van der Waals surface area (Å²) < 4.78 is 0. The summed E-state index contributed by atoms with van der Waals surface area (Å²) in [5.74, 6) is 2.05. The molecule has 0 spiro atoms. The molecule has 1 atom stereocenters. The van der Waals surface area contributed by atoms with E-state index in [4.69, 9.17) is 0 Å². The highest BCUT2D eigenvalue weighted by atomic mass is 32.2. The molecule has 1 heterocycles. The average molecular weight is 243 g/mol. The van der Waals surface area contributed by atoms with E-state index < -0.39 is 5.60 Å². The lowest BCUT2D eigenvalue weighted by atomic mass is 9.95. The first-order valence-electron chi connectivity index (χ1n) is 6.82. The maximum Gasteiger partial charge on any atom is 0.0869 e. The largest absolute Gasteiger partial charge is 0.388 e. The van der Waals surface area contributed by atoms with Crippen LogP contribution in [0.5, 0.6) is 0 Å². The van der Waals surface area contributed by atoms with E-state index in [0.717, 1.165) is 24.5 Å². The Morgan fingerprint density at radius 1 is 1.12 bits per heavy atom. The second kappa shape index (κ2) is 6.27. The molecule has 0 radical (unpaired) electrons. The van der Waals surface area contributed by atoms with Crippen molar-refractivity contribution in [2.75, 3.05) is 18.1 Å². The lowest BCUT2D eigenvalue weighted by molar-refractivity contribution is 0.0634. The van der Waals surface area contributed by atoms with Crippen LogP contribution in [0.2, 0.25) is 0 Å². The number of hydrogen-bond donors (Lipinski definition) is 2. The summed E-state index contributed by atoms with van der Waals surface area (Å²) in [6, 6.07) is 0.662. The smallest absolute Gasteiger partial charge is 0.0869 e. The molecule has 16 heavy (non-hydrogen) atoms. The van der Waals surface area contributed by atoms with Gasteiger partial charge in [-0.3, -0.25) is 0 Å². The molecule has 2 nitrogen and oxygen atoms in total. The zero-order valence-electron chi connectivity index (χ0n) is 10.2. The van der Waals surface area contributed by atoms with E-state index in [2.05, 4.69) is 5.32 Å². The molecule has 1 aliphatic heterocycles. The summed E-state index contributed by atoms with van der Waals surface area (Å²) in [6.07, 6.45) is 10.5. The van der Waals surface area contributed by atoms with Crippen LogP contribution in [-0.2, 0) is 0 Å². The molecule has 0 aromatic carbocycles. The molecule has 94 valence electrons. The van der Waals surface area contributed by atoms with Crippen LogP contribution in [0.4, 0.5) is 0 Å². The van der Waals surface area contributed by atoms with E-state index in [0.29, 0.717) is 6.04 Å². The van der Waals surface area contributed by atoms with Crippen molar-refractivity contribution in [3.05, 3.63) is 0 Å². The number of nitrogens with one attached hydrogen (secondary N) is 1. The summed E-state index contributed by atoms with van der Waals surface area (Å²) >= 11 is 1.89. The first kappa shape index (κ1) is 12.7. The van der Waals surface area contributed by atoms with Crippen LogP contribution in [0.15, 0.2) is 0 Å². The number of hydrogen-bond acceptors (Lipinski definition) is 3. The van der Waals surface area contributed by atoms with Gasteiger partial charge in [-0.25, -0.2) is 0 Å². The molecule has 1 aliphatic carbocycles. The molecule has 1 saturated heterocycles. The standard InChI is InChI=1S/C13H25NOS/c15-13(8-9-16-11-13)10-14-12-6-4-2-1-3-5-7-12/h12,14-15H,1-11H2. The molecule has 1 saturated carbocycles. The van der Waals surface area contributed by atoms with Crippen molar-refractivity contribution in [1.82, 2.24) is 5.32 Å². The van der Waals surface area contributed by atoms with Crippen LogP contribution in [0.1, 0.15) is 51.4 Å². The summed E-state index contributed by atoms with van der Waals surface area (Å²) in [6.45, 7) is 0.810. The van der Waals surface area contributed by atoms with Crippen LogP contribution in [0.25, 0.3) is 0 Å². The second-order valence-corrected chi connectivity index (χ2v) is 6.56. The lowest BCUT2D eigenvalue weighted by Crippen LogP contribution is -2.44. The van der Waals surface area contributed by atoms with Gasteiger partial charge in [0.15, 0.2) is 0 Å². The average Bonchev–Trinajstić information content (AvgIpc) is 2.64. The zero-order valence-corrected chi connectivity index (χ0v) is 11.0. The van der Waals surface area contributed by atoms with Gasteiger partial charge in [-0.15, -0.1) is 0 Å². The number of thioether (sulfide) groups is 1. The Hall–Kier alpha value is 0.270. The quantitative estimate of drug-likeness (QED) is 0.799. The Bertz CT molecular complexity index is 196. The minimum absolute atomic E-state index is 0.410. The van der Waals surface area contributed by atoms with Crippen molar-refractivity contribution in [2.45, 2.75) is 63.0 Å². The minimum Gasteiger partial charge on any atom is -0.388 e. The Morgan fingerprint density at radius 3 is 2.44 bits per heavy atom. The number of aliphatic hydroxyl groups is 1. The minimum atomic E-state index is -0.410. The van der Waals surface area contributed by atoms with Gasteiger partial charge in [-0.2, -0.15) is 11.8 Å². The third-order valence-corrected chi connectivity index (χ3v) is 5.14. The van der Waals surface area contributed by atoms with Crippen molar-refractivity contribution in [1.29, 1.82) is 0 Å². The van der Waals surface area contributed by atoms with Gasteiger partial charge in [-0.05, 0) is 25.0 Å². The van der Waals surface area contributed by atoms with Gasteiger partial charge in [0.05, 0.1) is 5.60 Å². The Morgan fingerprint density at radius 2 is 1.81 bits per heavy atom. The van der Waals surface area contributed by atoms with Gasteiger partial charge >= 0.3 is 0 Å². The Kier molecular flexibility index (Phi) is 4.98. The van der Waals surface area contributed by atoms with Crippen molar-refractivity contribution < 1.29 is 5.11 Å². The molecule has 2 rings (SSSR count). The molecule has 3 heteroatoms. The van der Waals surface area contributed by atoms with Gasteiger partial charge < -0.3 is 10.4 Å². The summed E-state index contributed by atoms with van der Waals surface area (Å²) in [7, 11) is 0. The predicted octanol–water partition coefficient (Wildman–Crippen LogP) is 2.56. The van der Waals surface area contributed by atoms with E-state index in [9.17, 15) is 5.11 Å². The highest BCUT2D eigenvalue weighted by molar-refractivity contribution is 7.99. The van der Waals surface area contributed by atoms with Gasteiger partial charge in [0, 0.05) is 18.3 Å².